The summed E-state index contributed by atoms with van der Waals surface area (Å²) in [6, 6.07) is 0. The minimum Gasteiger partial charge on any atom is -0.394 e. The molecule has 0 aromatic rings. The van der Waals surface area contributed by atoms with Crippen LogP contribution in [0.4, 0.5) is 0 Å². The highest BCUT2D eigenvalue weighted by Gasteiger charge is 1.74. The van der Waals surface area contributed by atoms with Crippen LogP contribution in [0, 0.1) is 7.11 Å². The first-order valence-corrected chi connectivity index (χ1v) is 1.39. The molecule has 0 bridgehead atoms. The Kier molecular flexibility index (Phi) is 3.63. The Bertz CT molecular complexity index is 12.4. The highest BCUT2D eigenvalue weighted by atomic mass is 16.5. The van der Waals surface area contributed by atoms with E-state index in [2.05, 4.69) is 11.8 Å². The Balaban J connectivity index is 2.19. The van der Waals surface area contributed by atoms with E-state index in [-0.39, 0.29) is 6.61 Å². The normalized spacial score (nSPS) is 8.20. The molecule has 1 N–H and O–H groups in total. The molecule has 0 heterocycles. The van der Waals surface area contributed by atoms with Gasteiger partial charge in [0.25, 0.3) is 0 Å². The zero-order valence-corrected chi connectivity index (χ0v) is 2.98. The van der Waals surface area contributed by atoms with Gasteiger partial charge >= 0.3 is 0 Å². The summed E-state index contributed by atoms with van der Waals surface area (Å²) < 4.78 is 4.19. The number of aliphatic hydroxyl groups is 1. The maximum Gasteiger partial charge on any atom is 0.213 e. The molecule has 0 rings (SSSR count). The number of hydrogen-bond donors (Lipinski definition) is 1. The fourth-order valence-corrected chi connectivity index (χ4v) is 0.0645. The smallest absolute Gasteiger partial charge is 0.213 e. The van der Waals surface area contributed by atoms with Gasteiger partial charge in [-0.3, -0.25) is 0 Å². The van der Waals surface area contributed by atoms with Gasteiger partial charge in [-0.25, -0.2) is 0 Å². The molecule has 2 nitrogen and oxygen atoms in total. The molecule has 0 unspecified atom stereocenters. The molecule has 0 spiro atoms. The van der Waals surface area contributed by atoms with E-state index in [9.17, 15) is 0 Å². The fraction of sp³-hybridized carbons (Fsp3) is 0.667. The second kappa shape index (κ2) is 3.79. The first-order valence-electron chi connectivity index (χ1n) is 1.39. The summed E-state index contributed by atoms with van der Waals surface area (Å²) in [5.74, 6) is 0. The summed E-state index contributed by atoms with van der Waals surface area (Å²) in [6.07, 6.45) is 0. The predicted octanol–water partition coefficient (Wildman–Crippen LogP) is -0.213. The van der Waals surface area contributed by atoms with E-state index in [0.717, 1.165) is 0 Å². The molecule has 0 radical (unpaired) electrons. The van der Waals surface area contributed by atoms with E-state index in [1.54, 1.807) is 0 Å². The van der Waals surface area contributed by atoms with E-state index in [1.165, 1.54) is 0 Å². The lowest BCUT2D eigenvalue weighted by Gasteiger charge is -1.75. The zero-order valence-electron chi connectivity index (χ0n) is 2.98. The van der Waals surface area contributed by atoms with Crippen molar-refractivity contribution in [2.24, 2.45) is 0 Å². The van der Waals surface area contributed by atoms with Gasteiger partial charge < -0.3 is 5.11 Å². The Labute approximate surface area is 31.4 Å². The molecule has 0 saturated carbocycles. The number of aliphatic hydroxyl groups excluding tert-OH is 1. The third-order valence-electron chi connectivity index (χ3n) is 0.236. The predicted molar refractivity (Wildman–Crippen MR) is 18.4 cm³/mol. The molecule has 0 aliphatic heterocycles. The Hall–Kier alpha value is -0.210. The minimum atomic E-state index is 0.0590. The maximum atomic E-state index is 7.90. The van der Waals surface area contributed by atoms with Crippen LogP contribution in [0.5, 0.6) is 0 Å². The highest BCUT2D eigenvalue weighted by Crippen LogP contribution is 1.59. The number of hydrogen-bond acceptors (Lipinski definition) is 2. The van der Waals surface area contributed by atoms with Crippen LogP contribution in [0.2, 0.25) is 0 Å². The van der Waals surface area contributed by atoms with Gasteiger partial charge in [-0.15, -0.1) is 0 Å². The van der Waals surface area contributed by atoms with Crippen molar-refractivity contribution in [3.63, 3.8) is 0 Å². The number of ether oxygens (including phenoxy) is 1. The largest absolute Gasteiger partial charge is 0.394 e. The standard InChI is InChI=1S/C3H7O2/c1-5-3-2-4/h4H,1-3H2/q+1. The maximum absolute atomic E-state index is 7.90. The van der Waals surface area contributed by atoms with Crippen molar-refractivity contribution >= 4 is 0 Å². The lowest BCUT2D eigenvalue weighted by atomic mass is 10.8. The molecule has 0 saturated heterocycles. The van der Waals surface area contributed by atoms with Gasteiger partial charge in [-0.1, -0.05) is 0 Å². The molecule has 0 aliphatic carbocycles. The number of rotatable bonds is 2. The lowest BCUT2D eigenvalue weighted by Crippen LogP contribution is -1.89. The van der Waals surface area contributed by atoms with Crippen LogP contribution in [-0.2, 0) is 4.74 Å². The Morgan fingerprint density at radius 3 is 2.40 bits per heavy atom. The van der Waals surface area contributed by atoms with Crippen molar-refractivity contribution in [2.75, 3.05) is 13.2 Å². The van der Waals surface area contributed by atoms with Crippen molar-refractivity contribution in [3.8, 4) is 0 Å². The first-order chi connectivity index (χ1) is 2.41. The van der Waals surface area contributed by atoms with Gasteiger partial charge in [0, 0.05) is 0 Å². The first kappa shape index (κ1) is 4.79. The third kappa shape index (κ3) is 3.79. The molecular weight excluding hydrogens is 68.0 g/mol. The van der Waals surface area contributed by atoms with Gasteiger partial charge in [0.1, 0.15) is 6.61 Å². The SMILES string of the molecule is [CH2+]OCCO. The topological polar surface area (TPSA) is 29.5 Å². The van der Waals surface area contributed by atoms with Crippen molar-refractivity contribution in [3.05, 3.63) is 7.11 Å². The second-order valence-electron chi connectivity index (χ2n) is 0.632. The summed E-state index contributed by atoms with van der Waals surface area (Å²) >= 11 is 0. The zero-order chi connectivity index (χ0) is 4.12. The van der Waals surface area contributed by atoms with Crippen LogP contribution < -0.4 is 0 Å². The molecule has 2 heteroatoms. The summed E-state index contributed by atoms with van der Waals surface area (Å²) in [4.78, 5) is 0. The van der Waals surface area contributed by atoms with E-state index in [4.69, 9.17) is 5.11 Å². The third-order valence-corrected chi connectivity index (χ3v) is 0.236. The van der Waals surface area contributed by atoms with Gasteiger partial charge in [-0.2, -0.15) is 4.74 Å². The van der Waals surface area contributed by atoms with Gasteiger partial charge in [0.2, 0.25) is 7.11 Å². The van der Waals surface area contributed by atoms with Crippen molar-refractivity contribution in [2.45, 2.75) is 0 Å². The van der Waals surface area contributed by atoms with Crippen molar-refractivity contribution in [1.82, 2.24) is 0 Å². The fourth-order valence-electron chi connectivity index (χ4n) is 0.0645. The van der Waals surface area contributed by atoms with Crippen LogP contribution in [0.3, 0.4) is 0 Å². The van der Waals surface area contributed by atoms with Crippen LogP contribution in [0.15, 0.2) is 0 Å². The van der Waals surface area contributed by atoms with Gasteiger partial charge in [0.15, 0.2) is 0 Å². The molecule has 0 atom stereocenters. The molecule has 0 amide bonds. The van der Waals surface area contributed by atoms with Crippen LogP contribution >= 0.6 is 0 Å². The van der Waals surface area contributed by atoms with E-state index >= 15 is 0 Å². The van der Waals surface area contributed by atoms with E-state index < -0.39 is 0 Å². The monoisotopic (exact) mass is 75.0 g/mol. The van der Waals surface area contributed by atoms with E-state index in [1.807, 2.05) is 0 Å². The summed E-state index contributed by atoms with van der Waals surface area (Å²) in [6.45, 7) is 0.392. The minimum absolute atomic E-state index is 0.0590. The highest BCUT2D eigenvalue weighted by molar-refractivity contribution is 4.16. The second-order valence-corrected chi connectivity index (χ2v) is 0.632. The van der Waals surface area contributed by atoms with Crippen LogP contribution in [-0.4, -0.2) is 18.3 Å². The van der Waals surface area contributed by atoms with Crippen LogP contribution in [0.1, 0.15) is 0 Å². The van der Waals surface area contributed by atoms with Crippen molar-refractivity contribution in [1.29, 1.82) is 0 Å². The summed E-state index contributed by atoms with van der Waals surface area (Å²) in [7, 11) is 3.02. The molecule has 0 aromatic heterocycles. The molecule has 30 valence electrons. The molecule has 5 heavy (non-hydrogen) atoms. The summed E-state index contributed by atoms with van der Waals surface area (Å²) in [5.41, 5.74) is 0. The van der Waals surface area contributed by atoms with E-state index in [0.29, 0.717) is 6.61 Å². The Morgan fingerprint density at radius 2 is 2.40 bits per heavy atom. The molecule has 0 fully saturated rings. The Morgan fingerprint density at radius 1 is 1.80 bits per heavy atom. The van der Waals surface area contributed by atoms with Crippen molar-refractivity contribution < 1.29 is 9.84 Å². The van der Waals surface area contributed by atoms with Gasteiger partial charge in [-0.05, 0) is 0 Å². The quantitative estimate of drug-likeness (QED) is 0.460. The van der Waals surface area contributed by atoms with Crippen LogP contribution in [0.25, 0.3) is 0 Å². The lowest BCUT2D eigenvalue weighted by molar-refractivity contribution is 0.162. The average Bonchev–Trinajstić information content (AvgIpc) is 1.41. The average molecular weight is 75.1 g/mol. The summed E-state index contributed by atoms with van der Waals surface area (Å²) in [5, 5.41) is 7.90. The molecular formula is C3H7O2+. The molecule has 0 aromatic carbocycles. The van der Waals surface area contributed by atoms with Gasteiger partial charge in [0.05, 0.1) is 6.61 Å². The molecule has 0 aliphatic rings.